The summed E-state index contributed by atoms with van der Waals surface area (Å²) < 4.78 is 11.5. The monoisotopic (exact) mass is 416 g/mol. The zero-order valence-corrected chi connectivity index (χ0v) is 18.6. The molecule has 3 rings (SSSR count). The van der Waals surface area contributed by atoms with E-state index in [0.29, 0.717) is 38.0 Å². The number of hydrogen-bond acceptors (Lipinski definition) is 8. The van der Waals surface area contributed by atoms with Crippen LogP contribution in [-0.2, 0) is 4.74 Å². The summed E-state index contributed by atoms with van der Waals surface area (Å²) in [5.74, 6) is 0.646. The van der Waals surface area contributed by atoms with Crippen LogP contribution in [0.2, 0.25) is 0 Å². The molecule has 0 aliphatic carbocycles. The van der Waals surface area contributed by atoms with Gasteiger partial charge >= 0.3 is 12.1 Å². The molecule has 0 unspecified atom stereocenters. The van der Waals surface area contributed by atoms with E-state index in [2.05, 4.69) is 28.0 Å². The normalized spacial score (nSPS) is 21.3. The zero-order valence-electron chi connectivity index (χ0n) is 18.6. The summed E-state index contributed by atoms with van der Waals surface area (Å²) in [5, 5.41) is 9.40. The fourth-order valence-electron chi connectivity index (χ4n) is 3.90. The van der Waals surface area contributed by atoms with Crippen LogP contribution in [0.1, 0.15) is 46.2 Å². The van der Waals surface area contributed by atoms with Crippen LogP contribution in [0.15, 0.2) is 6.07 Å². The van der Waals surface area contributed by atoms with Gasteiger partial charge in [-0.2, -0.15) is 15.2 Å². The summed E-state index contributed by atoms with van der Waals surface area (Å²) >= 11 is 0. The predicted molar refractivity (Wildman–Crippen MR) is 113 cm³/mol. The minimum absolute atomic E-state index is 0.0664. The number of likely N-dealkylation sites (tertiary alicyclic amines) is 1. The first-order valence-electron chi connectivity index (χ1n) is 10.6. The van der Waals surface area contributed by atoms with Gasteiger partial charge in [0.1, 0.15) is 29.3 Å². The molecule has 1 amide bonds. The van der Waals surface area contributed by atoms with Crippen LogP contribution in [0.5, 0.6) is 6.01 Å². The van der Waals surface area contributed by atoms with E-state index in [0.717, 1.165) is 19.4 Å². The number of rotatable bonds is 4. The Bertz CT molecular complexity index is 795. The summed E-state index contributed by atoms with van der Waals surface area (Å²) in [6, 6.07) is 4.32. The maximum absolute atomic E-state index is 12.3. The minimum Gasteiger partial charge on any atom is -0.459 e. The summed E-state index contributed by atoms with van der Waals surface area (Å²) in [6.45, 7) is 10.9. The summed E-state index contributed by atoms with van der Waals surface area (Å²) in [4.78, 5) is 27.1. The Morgan fingerprint density at radius 3 is 2.50 bits per heavy atom. The van der Waals surface area contributed by atoms with Gasteiger partial charge < -0.3 is 19.3 Å². The third-order valence-electron chi connectivity index (χ3n) is 5.47. The zero-order chi connectivity index (χ0) is 21.9. The summed E-state index contributed by atoms with van der Waals surface area (Å²) in [7, 11) is 2.10. The Hall–Kier alpha value is -2.60. The molecule has 30 heavy (non-hydrogen) atoms. The van der Waals surface area contributed by atoms with Crippen LogP contribution in [0.4, 0.5) is 10.6 Å². The van der Waals surface area contributed by atoms with Gasteiger partial charge in [0.15, 0.2) is 0 Å². The smallest absolute Gasteiger partial charge is 0.410 e. The Balaban J connectivity index is 1.66. The van der Waals surface area contributed by atoms with Crippen molar-refractivity contribution in [2.45, 2.75) is 58.3 Å². The van der Waals surface area contributed by atoms with Gasteiger partial charge in [-0.25, -0.2) is 4.79 Å². The molecule has 0 N–H and O–H groups in total. The van der Waals surface area contributed by atoms with E-state index >= 15 is 0 Å². The van der Waals surface area contributed by atoms with Crippen molar-refractivity contribution in [3.63, 3.8) is 0 Å². The van der Waals surface area contributed by atoms with E-state index < -0.39 is 5.60 Å². The van der Waals surface area contributed by atoms with E-state index in [1.54, 1.807) is 11.0 Å². The van der Waals surface area contributed by atoms with Crippen LogP contribution in [0.3, 0.4) is 0 Å². The molecule has 9 nitrogen and oxygen atoms in total. The molecule has 0 aromatic carbocycles. The second-order valence-corrected chi connectivity index (χ2v) is 8.97. The quantitative estimate of drug-likeness (QED) is 0.738. The van der Waals surface area contributed by atoms with E-state index in [-0.39, 0.29) is 23.9 Å². The number of likely N-dealkylation sites (N-methyl/N-ethyl adjacent to an activating group) is 1. The SMILES string of the molecule is C[C@H](Oc1nc(C#N)cc(N2CCN(C(=O)OC(C)(C)C)CC2)n1)[C@@H]1CCCN1C. The highest BCUT2D eigenvalue weighted by Gasteiger charge is 2.29. The maximum Gasteiger partial charge on any atom is 0.410 e. The molecule has 3 heterocycles. The molecule has 2 saturated heterocycles. The number of anilines is 1. The molecule has 0 radical (unpaired) electrons. The molecule has 0 spiro atoms. The lowest BCUT2D eigenvalue weighted by molar-refractivity contribution is 0.0240. The largest absolute Gasteiger partial charge is 0.459 e. The number of ether oxygens (including phenoxy) is 2. The van der Waals surface area contributed by atoms with Crippen LogP contribution in [-0.4, -0.2) is 83.4 Å². The van der Waals surface area contributed by atoms with Crippen molar-refractivity contribution >= 4 is 11.9 Å². The molecule has 1 aromatic heterocycles. The molecule has 164 valence electrons. The highest BCUT2D eigenvalue weighted by atomic mass is 16.6. The van der Waals surface area contributed by atoms with Gasteiger partial charge in [0, 0.05) is 38.3 Å². The summed E-state index contributed by atoms with van der Waals surface area (Å²) in [6.07, 6.45) is 1.86. The minimum atomic E-state index is -0.515. The first kappa shape index (κ1) is 22.1. The van der Waals surface area contributed by atoms with Crippen LogP contribution in [0.25, 0.3) is 0 Å². The topological polar surface area (TPSA) is 94.8 Å². The fraction of sp³-hybridized carbons (Fsp3) is 0.714. The fourth-order valence-corrected chi connectivity index (χ4v) is 3.90. The van der Waals surface area contributed by atoms with Gasteiger partial charge in [-0.3, -0.25) is 4.90 Å². The lowest BCUT2D eigenvalue weighted by atomic mass is 10.1. The second-order valence-electron chi connectivity index (χ2n) is 8.97. The van der Waals surface area contributed by atoms with Gasteiger partial charge in [0.05, 0.1) is 0 Å². The average Bonchev–Trinajstić information content (AvgIpc) is 3.12. The van der Waals surface area contributed by atoms with Gasteiger partial charge in [-0.1, -0.05) is 0 Å². The van der Waals surface area contributed by atoms with Gasteiger partial charge in [-0.05, 0) is 54.1 Å². The predicted octanol–water partition coefficient (Wildman–Crippen LogP) is 2.27. The van der Waals surface area contributed by atoms with Crippen molar-refractivity contribution in [2.75, 3.05) is 44.7 Å². The van der Waals surface area contributed by atoms with Crippen molar-refractivity contribution < 1.29 is 14.3 Å². The van der Waals surface area contributed by atoms with Crippen molar-refractivity contribution in [1.82, 2.24) is 19.8 Å². The first-order chi connectivity index (χ1) is 14.2. The molecular formula is C21H32N6O3. The Morgan fingerprint density at radius 1 is 1.23 bits per heavy atom. The number of aromatic nitrogens is 2. The van der Waals surface area contributed by atoms with Crippen molar-refractivity contribution in [2.24, 2.45) is 0 Å². The third kappa shape index (κ3) is 5.51. The van der Waals surface area contributed by atoms with Crippen molar-refractivity contribution in [3.05, 3.63) is 11.8 Å². The second kappa shape index (κ2) is 9.04. The Morgan fingerprint density at radius 2 is 1.93 bits per heavy atom. The van der Waals surface area contributed by atoms with Gasteiger partial charge in [-0.15, -0.1) is 0 Å². The van der Waals surface area contributed by atoms with Crippen LogP contribution in [0, 0.1) is 11.3 Å². The molecule has 9 heteroatoms. The number of carbonyl (C=O) groups excluding carboxylic acids is 1. The lowest BCUT2D eigenvalue weighted by Gasteiger charge is -2.36. The van der Waals surface area contributed by atoms with Gasteiger partial charge in [0.2, 0.25) is 0 Å². The Kier molecular flexibility index (Phi) is 6.66. The van der Waals surface area contributed by atoms with Crippen molar-refractivity contribution in [3.8, 4) is 12.1 Å². The number of nitriles is 1. The third-order valence-corrected chi connectivity index (χ3v) is 5.47. The Labute approximate surface area is 178 Å². The van der Waals surface area contributed by atoms with E-state index in [4.69, 9.17) is 9.47 Å². The first-order valence-corrected chi connectivity index (χ1v) is 10.6. The molecule has 2 aliphatic rings. The van der Waals surface area contributed by atoms with E-state index in [9.17, 15) is 10.1 Å². The standard InChI is InChI=1S/C21H32N6O3/c1-15(17-7-6-8-25(17)5)29-19-23-16(14-22)13-18(24-19)26-9-11-27(12-10-26)20(28)30-21(2,3)4/h13,15,17H,6-12H2,1-5H3/t15-,17-/m0/s1. The number of hydrogen-bond donors (Lipinski definition) is 0. The highest BCUT2D eigenvalue weighted by Crippen LogP contribution is 2.23. The van der Waals surface area contributed by atoms with Crippen molar-refractivity contribution in [1.29, 1.82) is 5.26 Å². The number of amides is 1. The van der Waals surface area contributed by atoms with Gasteiger partial charge in [0.25, 0.3) is 0 Å². The lowest BCUT2D eigenvalue weighted by Crippen LogP contribution is -2.50. The van der Waals surface area contributed by atoms with Crippen LogP contribution < -0.4 is 9.64 Å². The molecule has 2 atom stereocenters. The number of carbonyl (C=O) groups is 1. The maximum atomic E-state index is 12.3. The molecule has 1 aromatic rings. The van der Waals surface area contributed by atoms with E-state index in [1.165, 1.54) is 0 Å². The molecule has 2 aliphatic heterocycles. The summed E-state index contributed by atoms with van der Waals surface area (Å²) in [5.41, 5.74) is -0.240. The van der Waals surface area contributed by atoms with E-state index in [1.807, 2.05) is 32.6 Å². The number of nitrogens with zero attached hydrogens (tertiary/aromatic N) is 6. The molecule has 2 fully saturated rings. The molecule has 0 bridgehead atoms. The molecule has 0 saturated carbocycles. The average molecular weight is 417 g/mol. The highest BCUT2D eigenvalue weighted by molar-refractivity contribution is 5.68. The molecular weight excluding hydrogens is 384 g/mol. The van der Waals surface area contributed by atoms with Crippen LogP contribution >= 0.6 is 0 Å². The number of piperazine rings is 1.